The first-order valence-corrected chi connectivity index (χ1v) is 8.86. The summed E-state index contributed by atoms with van der Waals surface area (Å²) in [6.45, 7) is 0. The Balaban J connectivity index is 1.83. The first kappa shape index (κ1) is 17.4. The van der Waals surface area contributed by atoms with Crippen LogP contribution in [-0.2, 0) is 14.8 Å². The molecule has 3 rings (SSSR count). The maximum Gasteiger partial charge on any atom is 0.281 e. The summed E-state index contributed by atoms with van der Waals surface area (Å²) in [5, 5.41) is 27.1. The SMILES string of the molecule is N#CC1=NN(c2ccccc2)C(=O)C1/N=N/c1ccc(S(N)(=O)=O)cc1. The van der Waals surface area contributed by atoms with E-state index in [1.54, 1.807) is 30.3 Å². The van der Waals surface area contributed by atoms with Gasteiger partial charge in [0.15, 0.2) is 5.71 Å². The Kier molecular flexibility index (Phi) is 4.57. The third kappa shape index (κ3) is 3.49. The molecule has 0 saturated heterocycles. The molecule has 2 N–H and O–H groups in total. The fourth-order valence-corrected chi connectivity index (χ4v) is 2.73. The van der Waals surface area contributed by atoms with Crippen LogP contribution < -0.4 is 10.1 Å². The molecule has 0 aliphatic carbocycles. The summed E-state index contributed by atoms with van der Waals surface area (Å²) in [5.41, 5.74) is 0.741. The summed E-state index contributed by atoms with van der Waals surface area (Å²) in [6, 6.07) is 14.7. The second-order valence-corrected chi connectivity index (χ2v) is 6.80. The third-order valence-corrected chi connectivity index (χ3v) is 4.41. The van der Waals surface area contributed by atoms with Gasteiger partial charge in [-0.15, -0.1) is 0 Å². The van der Waals surface area contributed by atoms with Crippen molar-refractivity contribution in [2.45, 2.75) is 10.9 Å². The Labute approximate surface area is 149 Å². The number of carbonyl (C=O) groups excluding carboxylic acids is 1. The van der Waals surface area contributed by atoms with Gasteiger partial charge < -0.3 is 0 Å². The molecule has 10 heteroatoms. The van der Waals surface area contributed by atoms with Gasteiger partial charge in [-0.25, -0.2) is 13.6 Å². The van der Waals surface area contributed by atoms with E-state index in [2.05, 4.69) is 15.3 Å². The number of carbonyl (C=O) groups is 1. The van der Waals surface area contributed by atoms with E-state index in [4.69, 9.17) is 5.14 Å². The van der Waals surface area contributed by atoms with Crippen molar-refractivity contribution in [2.24, 2.45) is 20.5 Å². The molecular formula is C16H12N6O3S. The highest BCUT2D eigenvalue weighted by Gasteiger charge is 2.37. The molecule has 2 aromatic carbocycles. The number of sulfonamides is 1. The van der Waals surface area contributed by atoms with Gasteiger partial charge in [-0.3, -0.25) is 4.79 Å². The van der Waals surface area contributed by atoms with Crippen molar-refractivity contribution in [1.29, 1.82) is 5.26 Å². The van der Waals surface area contributed by atoms with E-state index in [0.717, 1.165) is 5.01 Å². The lowest BCUT2D eigenvalue weighted by Crippen LogP contribution is -2.30. The van der Waals surface area contributed by atoms with Crippen molar-refractivity contribution in [3.8, 4) is 6.07 Å². The number of nitrogens with two attached hydrogens (primary N) is 1. The van der Waals surface area contributed by atoms with E-state index < -0.39 is 22.0 Å². The van der Waals surface area contributed by atoms with Crippen LogP contribution >= 0.6 is 0 Å². The molecule has 0 aromatic heterocycles. The zero-order valence-electron chi connectivity index (χ0n) is 13.2. The molecule has 1 amide bonds. The van der Waals surface area contributed by atoms with Gasteiger partial charge in [-0.1, -0.05) is 18.2 Å². The largest absolute Gasteiger partial charge is 0.281 e. The fraction of sp³-hybridized carbons (Fsp3) is 0.0625. The van der Waals surface area contributed by atoms with Gasteiger partial charge in [0.05, 0.1) is 16.3 Å². The molecule has 26 heavy (non-hydrogen) atoms. The Morgan fingerprint density at radius 1 is 1.12 bits per heavy atom. The maximum absolute atomic E-state index is 12.5. The Hall–Kier alpha value is -3.42. The summed E-state index contributed by atoms with van der Waals surface area (Å²) in [6.07, 6.45) is 0. The van der Waals surface area contributed by atoms with Crippen molar-refractivity contribution >= 4 is 33.0 Å². The smallest absolute Gasteiger partial charge is 0.269 e. The van der Waals surface area contributed by atoms with Crippen molar-refractivity contribution in [2.75, 3.05) is 5.01 Å². The lowest BCUT2D eigenvalue weighted by atomic mass is 10.2. The highest BCUT2D eigenvalue weighted by atomic mass is 32.2. The number of hydrogen-bond donors (Lipinski definition) is 1. The van der Waals surface area contributed by atoms with E-state index in [0.29, 0.717) is 11.4 Å². The van der Waals surface area contributed by atoms with Crippen LogP contribution in [0.2, 0.25) is 0 Å². The molecule has 1 aliphatic rings. The topological polar surface area (TPSA) is 141 Å². The minimum absolute atomic E-state index is 0.0667. The van der Waals surface area contributed by atoms with Crippen LogP contribution in [-0.4, -0.2) is 26.1 Å². The lowest BCUT2D eigenvalue weighted by Gasteiger charge is -2.11. The number of azo groups is 1. The summed E-state index contributed by atoms with van der Waals surface area (Å²) < 4.78 is 22.5. The van der Waals surface area contributed by atoms with Crippen molar-refractivity contribution in [3.63, 3.8) is 0 Å². The van der Waals surface area contributed by atoms with Gasteiger partial charge in [0.2, 0.25) is 16.1 Å². The lowest BCUT2D eigenvalue weighted by molar-refractivity contribution is -0.117. The van der Waals surface area contributed by atoms with Crippen molar-refractivity contribution < 1.29 is 13.2 Å². The monoisotopic (exact) mass is 368 g/mol. The van der Waals surface area contributed by atoms with Crippen LogP contribution in [0.5, 0.6) is 0 Å². The van der Waals surface area contributed by atoms with Gasteiger partial charge in [-0.2, -0.15) is 25.6 Å². The molecule has 9 nitrogen and oxygen atoms in total. The van der Waals surface area contributed by atoms with Gasteiger partial charge in [-0.05, 0) is 36.4 Å². The molecule has 1 aliphatic heterocycles. The van der Waals surface area contributed by atoms with E-state index in [-0.39, 0.29) is 10.6 Å². The quantitative estimate of drug-likeness (QED) is 0.820. The highest BCUT2D eigenvalue weighted by molar-refractivity contribution is 7.89. The first-order valence-electron chi connectivity index (χ1n) is 7.31. The molecule has 1 heterocycles. The molecule has 0 bridgehead atoms. The minimum Gasteiger partial charge on any atom is -0.269 e. The molecule has 130 valence electrons. The first-order chi connectivity index (χ1) is 12.4. The predicted molar refractivity (Wildman–Crippen MR) is 93.1 cm³/mol. The van der Waals surface area contributed by atoms with Gasteiger partial charge in [0.1, 0.15) is 6.07 Å². The zero-order valence-corrected chi connectivity index (χ0v) is 14.0. The van der Waals surface area contributed by atoms with Crippen LogP contribution in [0.25, 0.3) is 0 Å². The number of rotatable bonds is 4. The number of amides is 1. The highest BCUT2D eigenvalue weighted by Crippen LogP contribution is 2.23. The summed E-state index contributed by atoms with van der Waals surface area (Å²) in [7, 11) is -3.80. The molecule has 0 spiro atoms. The van der Waals surface area contributed by atoms with Crippen LogP contribution in [0.1, 0.15) is 0 Å². The zero-order chi connectivity index (χ0) is 18.7. The molecule has 0 fully saturated rings. The molecule has 0 saturated carbocycles. The van der Waals surface area contributed by atoms with Crippen molar-refractivity contribution in [3.05, 3.63) is 54.6 Å². The number of nitriles is 1. The summed E-state index contributed by atoms with van der Waals surface area (Å²) >= 11 is 0. The fourth-order valence-electron chi connectivity index (χ4n) is 2.21. The predicted octanol–water partition coefficient (Wildman–Crippen LogP) is 1.71. The summed E-state index contributed by atoms with van der Waals surface area (Å²) in [4.78, 5) is 12.4. The second-order valence-electron chi connectivity index (χ2n) is 5.24. The average molecular weight is 368 g/mol. The Morgan fingerprint density at radius 3 is 2.35 bits per heavy atom. The number of anilines is 1. The van der Waals surface area contributed by atoms with Crippen LogP contribution in [0.3, 0.4) is 0 Å². The van der Waals surface area contributed by atoms with Gasteiger partial charge in [0, 0.05) is 0 Å². The Morgan fingerprint density at radius 2 is 1.77 bits per heavy atom. The number of hydrazone groups is 1. The number of benzene rings is 2. The molecule has 0 radical (unpaired) electrons. The van der Waals surface area contributed by atoms with E-state index in [1.807, 2.05) is 6.07 Å². The molecular weight excluding hydrogens is 356 g/mol. The summed E-state index contributed by atoms with van der Waals surface area (Å²) in [5.74, 6) is -0.502. The number of para-hydroxylation sites is 1. The second kappa shape index (κ2) is 6.83. The molecule has 1 atom stereocenters. The normalized spacial score (nSPS) is 17.4. The van der Waals surface area contributed by atoms with Gasteiger partial charge in [0.25, 0.3) is 5.91 Å². The number of primary sulfonamides is 1. The van der Waals surface area contributed by atoms with Crippen molar-refractivity contribution in [1.82, 2.24) is 0 Å². The van der Waals surface area contributed by atoms with Gasteiger partial charge >= 0.3 is 0 Å². The van der Waals surface area contributed by atoms with Crippen LogP contribution in [0.4, 0.5) is 11.4 Å². The van der Waals surface area contributed by atoms with Crippen LogP contribution in [0, 0.1) is 11.3 Å². The van der Waals surface area contributed by atoms with Crippen LogP contribution in [0.15, 0.2) is 74.8 Å². The molecule has 2 aromatic rings. The maximum atomic E-state index is 12.5. The number of hydrogen-bond acceptors (Lipinski definition) is 7. The standard InChI is InChI=1S/C16H12N6O3S/c17-10-14-15(16(23)22(21-14)12-4-2-1-3-5-12)20-19-11-6-8-13(9-7-11)26(18,24)25/h1-9,15H,(H2,18,24,25)/b20-19+. The third-order valence-electron chi connectivity index (χ3n) is 3.48. The average Bonchev–Trinajstić information content (AvgIpc) is 2.96. The Bertz CT molecular complexity index is 1040. The van der Waals surface area contributed by atoms with E-state index in [9.17, 15) is 18.5 Å². The van der Waals surface area contributed by atoms with E-state index in [1.165, 1.54) is 24.3 Å². The number of nitrogens with zero attached hydrogens (tertiary/aromatic N) is 5. The minimum atomic E-state index is -3.80. The van der Waals surface area contributed by atoms with E-state index >= 15 is 0 Å². The molecule has 1 unspecified atom stereocenters.